The Balaban J connectivity index is 2.45. The van der Waals surface area contributed by atoms with Crippen LogP contribution < -0.4 is 4.74 Å². The fourth-order valence-corrected chi connectivity index (χ4v) is 2.75. The van der Waals surface area contributed by atoms with Crippen LogP contribution in [0.3, 0.4) is 0 Å². The molecule has 0 aliphatic carbocycles. The number of hydrogen-bond donors (Lipinski definition) is 0. The number of benzene rings is 2. The Morgan fingerprint density at radius 3 is 2.24 bits per heavy atom. The molecule has 8 heteroatoms. The van der Waals surface area contributed by atoms with Crippen LogP contribution in [0.25, 0.3) is 0 Å². The first-order chi connectivity index (χ1) is 9.93. The van der Waals surface area contributed by atoms with Gasteiger partial charge in [0.15, 0.2) is 5.75 Å². The van der Waals surface area contributed by atoms with Crippen molar-refractivity contribution in [3.8, 4) is 11.5 Å². The minimum atomic E-state index is -0.592. The van der Waals surface area contributed by atoms with Gasteiger partial charge in [-0.2, -0.15) is 0 Å². The lowest BCUT2D eigenvalue weighted by Crippen LogP contribution is -1.94. The van der Waals surface area contributed by atoms with Crippen LogP contribution in [0.15, 0.2) is 30.3 Å². The Kier molecular flexibility index (Phi) is 5.17. The Morgan fingerprint density at radius 2 is 1.71 bits per heavy atom. The van der Waals surface area contributed by atoms with E-state index in [2.05, 4.69) is 0 Å². The molecule has 0 fully saturated rings. The number of ether oxygens (including phenoxy) is 1. The van der Waals surface area contributed by atoms with Gasteiger partial charge in [-0.3, -0.25) is 10.1 Å². The smallest absolute Gasteiger partial charge is 0.272 e. The molecule has 0 unspecified atom stereocenters. The van der Waals surface area contributed by atoms with Crippen LogP contribution >= 0.6 is 46.4 Å². The Morgan fingerprint density at radius 1 is 1.10 bits per heavy atom. The highest BCUT2D eigenvalue weighted by Gasteiger charge is 2.18. The molecule has 0 radical (unpaired) electrons. The number of halogens is 4. The second-order valence-electron chi connectivity index (χ2n) is 3.95. The summed E-state index contributed by atoms with van der Waals surface area (Å²) in [6.07, 6.45) is 0. The van der Waals surface area contributed by atoms with E-state index in [-0.39, 0.29) is 27.4 Å². The van der Waals surface area contributed by atoms with Gasteiger partial charge in [0.2, 0.25) is 0 Å². The first-order valence-corrected chi connectivity index (χ1v) is 7.25. The largest absolute Gasteiger partial charge is 0.454 e. The van der Waals surface area contributed by atoms with Gasteiger partial charge >= 0.3 is 0 Å². The van der Waals surface area contributed by atoms with Crippen LogP contribution in [-0.2, 0) is 5.88 Å². The monoisotopic (exact) mass is 365 g/mol. The summed E-state index contributed by atoms with van der Waals surface area (Å²) in [7, 11) is 0. The molecule has 0 saturated heterocycles. The van der Waals surface area contributed by atoms with E-state index >= 15 is 0 Å². The molecule has 4 nitrogen and oxygen atoms in total. The molecule has 0 bridgehead atoms. The van der Waals surface area contributed by atoms with Gasteiger partial charge in [0.25, 0.3) is 5.69 Å². The average molecular weight is 367 g/mol. The van der Waals surface area contributed by atoms with Crippen molar-refractivity contribution in [1.82, 2.24) is 0 Å². The van der Waals surface area contributed by atoms with Crippen LogP contribution in [0.1, 0.15) is 5.56 Å². The minimum absolute atomic E-state index is 0.0229. The molecule has 0 heterocycles. The predicted molar refractivity (Wildman–Crippen MR) is 84.2 cm³/mol. The molecular weight excluding hydrogens is 360 g/mol. The zero-order chi connectivity index (χ0) is 15.6. The van der Waals surface area contributed by atoms with Crippen molar-refractivity contribution in [3.63, 3.8) is 0 Å². The van der Waals surface area contributed by atoms with Gasteiger partial charge in [-0.15, -0.1) is 11.6 Å². The zero-order valence-electron chi connectivity index (χ0n) is 10.3. The Labute approximate surface area is 140 Å². The first kappa shape index (κ1) is 16.2. The maximum Gasteiger partial charge on any atom is 0.272 e. The number of nitro benzene ring substituents is 1. The zero-order valence-corrected chi connectivity index (χ0v) is 13.3. The molecule has 0 atom stereocenters. The van der Waals surface area contributed by atoms with Crippen molar-refractivity contribution in [2.75, 3.05) is 0 Å². The molecular formula is C13H7Cl4NO3. The van der Waals surface area contributed by atoms with E-state index in [0.29, 0.717) is 16.3 Å². The average Bonchev–Trinajstić information content (AvgIpc) is 2.42. The Bertz CT molecular complexity index is 683. The van der Waals surface area contributed by atoms with Crippen molar-refractivity contribution >= 4 is 52.1 Å². The van der Waals surface area contributed by atoms with Crippen molar-refractivity contribution in [2.24, 2.45) is 0 Å². The summed E-state index contributed by atoms with van der Waals surface area (Å²) >= 11 is 23.8. The van der Waals surface area contributed by atoms with E-state index in [0.717, 1.165) is 12.1 Å². The quantitative estimate of drug-likeness (QED) is 0.374. The van der Waals surface area contributed by atoms with Crippen LogP contribution in [0, 0.1) is 10.1 Å². The van der Waals surface area contributed by atoms with E-state index in [4.69, 9.17) is 51.1 Å². The van der Waals surface area contributed by atoms with Crippen LogP contribution in [0.5, 0.6) is 11.5 Å². The highest BCUT2D eigenvalue weighted by atomic mass is 35.5. The third-order valence-corrected chi connectivity index (χ3v) is 3.80. The van der Waals surface area contributed by atoms with E-state index in [1.165, 1.54) is 0 Å². The van der Waals surface area contributed by atoms with Gasteiger partial charge in [-0.05, 0) is 12.1 Å². The van der Waals surface area contributed by atoms with Gasteiger partial charge in [0, 0.05) is 22.7 Å². The fourth-order valence-electron chi connectivity index (χ4n) is 1.62. The molecule has 0 aromatic heterocycles. The first-order valence-electron chi connectivity index (χ1n) is 5.58. The van der Waals surface area contributed by atoms with E-state index in [9.17, 15) is 10.1 Å². The normalized spacial score (nSPS) is 10.5. The van der Waals surface area contributed by atoms with Crippen molar-refractivity contribution < 1.29 is 9.66 Å². The number of hydrogen-bond acceptors (Lipinski definition) is 3. The van der Waals surface area contributed by atoms with Gasteiger partial charge in [-0.25, -0.2) is 0 Å². The van der Waals surface area contributed by atoms with Gasteiger partial charge in [0.05, 0.1) is 20.8 Å². The van der Waals surface area contributed by atoms with E-state index < -0.39 is 4.92 Å². The van der Waals surface area contributed by atoms with Crippen LogP contribution in [0.4, 0.5) is 5.69 Å². The number of rotatable bonds is 4. The molecule has 0 amide bonds. The van der Waals surface area contributed by atoms with Crippen molar-refractivity contribution in [3.05, 3.63) is 61.1 Å². The molecule has 21 heavy (non-hydrogen) atoms. The molecule has 110 valence electrons. The number of nitrogens with zero attached hydrogens (tertiary/aromatic N) is 1. The van der Waals surface area contributed by atoms with Gasteiger partial charge in [0.1, 0.15) is 5.75 Å². The highest BCUT2D eigenvalue weighted by Crippen LogP contribution is 2.41. The molecule has 2 aromatic carbocycles. The predicted octanol–water partition coefficient (Wildman–Crippen LogP) is 6.09. The topological polar surface area (TPSA) is 52.4 Å². The number of alkyl halides is 1. The molecule has 2 rings (SSSR count). The summed E-state index contributed by atoms with van der Waals surface area (Å²) in [5, 5.41) is 11.2. The van der Waals surface area contributed by atoms with Crippen LogP contribution in [0.2, 0.25) is 15.1 Å². The SMILES string of the molecule is O=[N+]([O-])c1cc(Cl)c(Oc2cccc(Cl)c2CCl)c(Cl)c1. The molecule has 0 aliphatic heterocycles. The molecule has 0 N–H and O–H groups in total. The third kappa shape index (κ3) is 3.52. The summed E-state index contributed by atoms with van der Waals surface area (Å²) in [5.74, 6) is 0.629. The molecule has 2 aromatic rings. The van der Waals surface area contributed by atoms with E-state index in [1.807, 2.05) is 0 Å². The maximum atomic E-state index is 10.7. The summed E-state index contributed by atoms with van der Waals surface area (Å²) in [6.45, 7) is 0. The second-order valence-corrected chi connectivity index (χ2v) is 5.44. The fraction of sp³-hybridized carbons (Fsp3) is 0.0769. The lowest BCUT2D eigenvalue weighted by Gasteiger charge is -2.13. The summed E-state index contributed by atoms with van der Waals surface area (Å²) in [5.41, 5.74) is 0.354. The Hall–Kier alpha value is -1.20. The minimum Gasteiger partial charge on any atom is -0.454 e. The molecule has 0 aliphatic rings. The summed E-state index contributed by atoms with van der Waals surface area (Å²) < 4.78 is 5.62. The lowest BCUT2D eigenvalue weighted by atomic mass is 10.2. The van der Waals surface area contributed by atoms with Gasteiger partial charge < -0.3 is 4.74 Å². The van der Waals surface area contributed by atoms with Crippen molar-refractivity contribution in [2.45, 2.75) is 5.88 Å². The van der Waals surface area contributed by atoms with Crippen molar-refractivity contribution in [1.29, 1.82) is 0 Å². The number of nitro groups is 1. The highest BCUT2D eigenvalue weighted by molar-refractivity contribution is 6.37. The van der Waals surface area contributed by atoms with Gasteiger partial charge in [-0.1, -0.05) is 40.9 Å². The number of non-ortho nitro benzene ring substituents is 1. The third-order valence-electron chi connectivity index (χ3n) is 2.62. The standard InChI is InChI=1S/C13H7Cl4NO3/c14-6-8-9(15)2-1-3-12(8)21-13-10(16)4-7(18(19)20)5-11(13)17/h1-5H,6H2. The maximum absolute atomic E-state index is 10.7. The van der Waals surface area contributed by atoms with Crippen LogP contribution in [-0.4, -0.2) is 4.92 Å². The van der Waals surface area contributed by atoms with E-state index in [1.54, 1.807) is 18.2 Å². The second kappa shape index (κ2) is 6.71. The molecule has 0 spiro atoms. The lowest BCUT2D eigenvalue weighted by molar-refractivity contribution is -0.384. The summed E-state index contributed by atoms with van der Waals surface area (Å²) in [4.78, 5) is 10.1. The summed E-state index contributed by atoms with van der Waals surface area (Å²) in [6, 6.07) is 7.32. The molecule has 0 saturated carbocycles.